The highest BCUT2D eigenvalue weighted by molar-refractivity contribution is 6.30. The molecule has 2 N–H and O–H groups in total. The third-order valence-corrected chi connectivity index (χ3v) is 4.63. The van der Waals surface area contributed by atoms with Gasteiger partial charge in [0, 0.05) is 29.6 Å². The minimum atomic E-state index is -0.521. The molecular formula is C23H23ClN4O3. The van der Waals surface area contributed by atoms with E-state index in [4.69, 9.17) is 16.3 Å². The summed E-state index contributed by atoms with van der Waals surface area (Å²) in [5.41, 5.74) is 1.66. The Kier molecular flexibility index (Phi) is 7.95. The fraction of sp³-hybridized carbons (Fsp3) is 0.217. The topological polar surface area (TPSA) is 93.2 Å². The highest BCUT2D eigenvalue weighted by atomic mass is 35.5. The Balaban J connectivity index is 1.47. The van der Waals surface area contributed by atoms with Crippen LogP contribution in [0.15, 0.2) is 60.9 Å². The van der Waals surface area contributed by atoms with E-state index < -0.39 is 11.8 Å². The Bertz CT molecular complexity index is 1020. The molecule has 0 spiro atoms. The van der Waals surface area contributed by atoms with E-state index >= 15 is 0 Å². The van der Waals surface area contributed by atoms with Crippen molar-refractivity contribution in [3.63, 3.8) is 0 Å². The molecule has 1 aromatic heterocycles. The standard InChI is InChI=1S/C23H23ClN4O3/c1-16-4-10-19(11-5-16)31-15-3-2-12-27-22(29)20-21(26-14-13-25-20)23(30)28-18-8-6-17(24)7-9-18/h4-11,13-14H,2-3,12,15H2,1H3,(H,27,29)(H,28,30). The van der Waals surface area contributed by atoms with Gasteiger partial charge in [0.2, 0.25) is 0 Å². The van der Waals surface area contributed by atoms with Gasteiger partial charge in [-0.3, -0.25) is 9.59 Å². The van der Waals surface area contributed by atoms with Crippen molar-refractivity contribution in [1.29, 1.82) is 0 Å². The van der Waals surface area contributed by atoms with Crippen molar-refractivity contribution in [3.05, 3.63) is 82.9 Å². The first-order valence-electron chi connectivity index (χ1n) is 9.88. The molecule has 0 aliphatic rings. The van der Waals surface area contributed by atoms with Gasteiger partial charge in [0.25, 0.3) is 11.8 Å². The second-order valence-electron chi connectivity index (χ2n) is 6.84. The smallest absolute Gasteiger partial charge is 0.276 e. The number of hydrogen-bond donors (Lipinski definition) is 2. The number of benzene rings is 2. The van der Waals surface area contributed by atoms with Gasteiger partial charge in [-0.2, -0.15) is 0 Å². The summed E-state index contributed by atoms with van der Waals surface area (Å²) in [5.74, 6) is -0.147. The maximum Gasteiger partial charge on any atom is 0.276 e. The molecule has 8 heteroatoms. The zero-order valence-corrected chi connectivity index (χ0v) is 17.9. The molecule has 0 bridgehead atoms. The minimum Gasteiger partial charge on any atom is -0.494 e. The average molecular weight is 439 g/mol. The van der Waals surface area contributed by atoms with Crippen molar-refractivity contribution in [2.24, 2.45) is 0 Å². The van der Waals surface area contributed by atoms with E-state index in [1.165, 1.54) is 18.0 Å². The van der Waals surface area contributed by atoms with E-state index in [1.54, 1.807) is 24.3 Å². The Morgan fingerprint density at radius 1 is 0.903 bits per heavy atom. The molecule has 0 saturated carbocycles. The number of carbonyl (C=O) groups is 2. The number of anilines is 1. The zero-order chi connectivity index (χ0) is 22.1. The maximum atomic E-state index is 12.6. The lowest BCUT2D eigenvalue weighted by atomic mass is 10.2. The van der Waals surface area contributed by atoms with E-state index in [0.29, 0.717) is 23.9 Å². The Morgan fingerprint density at radius 2 is 1.55 bits per heavy atom. The number of rotatable bonds is 9. The number of unbranched alkanes of at least 4 members (excludes halogenated alkanes) is 1. The van der Waals surface area contributed by atoms with Gasteiger partial charge in [0.15, 0.2) is 11.4 Å². The molecule has 0 aliphatic heterocycles. The van der Waals surface area contributed by atoms with Crippen LogP contribution in [-0.4, -0.2) is 34.9 Å². The number of nitrogens with zero attached hydrogens (tertiary/aromatic N) is 2. The molecule has 3 aromatic rings. The first-order valence-corrected chi connectivity index (χ1v) is 10.3. The van der Waals surface area contributed by atoms with Gasteiger partial charge in [-0.1, -0.05) is 29.3 Å². The summed E-state index contributed by atoms with van der Waals surface area (Å²) >= 11 is 5.85. The average Bonchev–Trinajstić information content (AvgIpc) is 2.78. The highest BCUT2D eigenvalue weighted by Crippen LogP contribution is 2.15. The van der Waals surface area contributed by atoms with Crippen LogP contribution in [0.1, 0.15) is 39.4 Å². The van der Waals surface area contributed by atoms with Crippen molar-refractivity contribution in [2.45, 2.75) is 19.8 Å². The van der Waals surface area contributed by atoms with Crippen LogP contribution in [-0.2, 0) is 0 Å². The lowest BCUT2D eigenvalue weighted by Gasteiger charge is -2.10. The molecule has 2 aromatic carbocycles. The second kappa shape index (κ2) is 11.1. The summed E-state index contributed by atoms with van der Waals surface area (Å²) in [5, 5.41) is 6.02. The largest absolute Gasteiger partial charge is 0.494 e. The molecule has 0 saturated heterocycles. The van der Waals surface area contributed by atoms with Crippen molar-refractivity contribution < 1.29 is 14.3 Å². The van der Waals surface area contributed by atoms with E-state index in [-0.39, 0.29) is 11.4 Å². The predicted octanol–water partition coefficient (Wildman–Crippen LogP) is 4.28. The molecule has 160 valence electrons. The van der Waals surface area contributed by atoms with Crippen molar-refractivity contribution in [2.75, 3.05) is 18.5 Å². The summed E-state index contributed by atoms with van der Waals surface area (Å²) < 4.78 is 5.67. The lowest BCUT2D eigenvalue weighted by molar-refractivity contribution is 0.0932. The summed E-state index contributed by atoms with van der Waals surface area (Å²) in [6.45, 7) is 3.01. The van der Waals surface area contributed by atoms with Gasteiger partial charge >= 0.3 is 0 Å². The van der Waals surface area contributed by atoms with Crippen LogP contribution in [0.4, 0.5) is 5.69 Å². The number of halogens is 1. The molecule has 0 fully saturated rings. The lowest BCUT2D eigenvalue weighted by Crippen LogP contribution is -2.29. The van der Waals surface area contributed by atoms with Crippen LogP contribution in [0, 0.1) is 6.92 Å². The third-order valence-electron chi connectivity index (χ3n) is 4.38. The quantitative estimate of drug-likeness (QED) is 0.486. The molecule has 0 atom stereocenters. The number of carbonyl (C=O) groups excluding carboxylic acids is 2. The normalized spacial score (nSPS) is 10.4. The molecular weight excluding hydrogens is 416 g/mol. The first kappa shape index (κ1) is 22.2. The molecule has 3 rings (SSSR count). The molecule has 7 nitrogen and oxygen atoms in total. The fourth-order valence-corrected chi connectivity index (χ4v) is 2.86. The summed E-state index contributed by atoms with van der Waals surface area (Å²) in [6, 6.07) is 14.5. The fourth-order valence-electron chi connectivity index (χ4n) is 2.73. The predicted molar refractivity (Wildman–Crippen MR) is 120 cm³/mol. The summed E-state index contributed by atoms with van der Waals surface area (Å²) in [4.78, 5) is 33.1. The number of aromatic nitrogens is 2. The number of ether oxygens (including phenoxy) is 1. The number of aryl methyl sites for hydroxylation is 1. The summed E-state index contributed by atoms with van der Waals surface area (Å²) in [7, 11) is 0. The molecule has 0 unspecified atom stereocenters. The van der Waals surface area contributed by atoms with Crippen LogP contribution in [0.2, 0.25) is 5.02 Å². The Labute approximate surface area is 185 Å². The van der Waals surface area contributed by atoms with Gasteiger partial charge in [0.1, 0.15) is 5.75 Å². The van der Waals surface area contributed by atoms with E-state index in [9.17, 15) is 9.59 Å². The maximum absolute atomic E-state index is 12.6. The molecule has 1 heterocycles. The first-order chi connectivity index (χ1) is 15.0. The van der Waals surface area contributed by atoms with Crippen LogP contribution in [0.5, 0.6) is 5.75 Å². The number of nitrogens with one attached hydrogen (secondary N) is 2. The van der Waals surface area contributed by atoms with Gasteiger partial charge in [-0.25, -0.2) is 9.97 Å². The SMILES string of the molecule is Cc1ccc(OCCCCNC(=O)c2nccnc2C(=O)Nc2ccc(Cl)cc2)cc1. The van der Waals surface area contributed by atoms with Crippen LogP contribution >= 0.6 is 11.6 Å². The molecule has 0 radical (unpaired) electrons. The molecule has 0 aliphatic carbocycles. The van der Waals surface area contributed by atoms with Crippen molar-refractivity contribution in [3.8, 4) is 5.75 Å². The summed E-state index contributed by atoms with van der Waals surface area (Å²) in [6.07, 6.45) is 4.25. The Hall–Kier alpha value is -3.45. The van der Waals surface area contributed by atoms with Crippen molar-refractivity contribution >= 4 is 29.1 Å². The third kappa shape index (κ3) is 6.79. The van der Waals surface area contributed by atoms with Crippen molar-refractivity contribution in [1.82, 2.24) is 15.3 Å². The van der Waals surface area contributed by atoms with Crippen LogP contribution < -0.4 is 15.4 Å². The monoisotopic (exact) mass is 438 g/mol. The van der Waals surface area contributed by atoms with Gasteiger partial charge in [-0.05, 0) is 56.2 Å². The van der Waals surface area contributed by atoms with E-state index in [1.807, 2.05) is 31.2 Å². The van der Waals surface area contributed by atoms with Crippen LogP contribution in [0.3, 0.4) is 0 Å². The van der Waals surface area contributed by atoms with Crippen LogP contribution in [0.25, 0.3) is 0 Å². The minimum absolute atomic E-state index is 0.0233. The highest BCUT2D eigenvalue weighted by Gasteiger charge is 2.20. The van der Waals surface area contributed by atoms with Gasteiger partial charge in [0.05, 0.1) is 6.61 Å². The van der Waals surface area contributed by atoms with Gasteiger partial charge in [-0.15, -0.1) is 0 Å². The van der Waals surface area contributed by atoms with E-state index in [0.717, 1.165) is 18.6 Å². The number of amides is 2. The molecule has 2 amide bonds. The number of hydrogen-bond acceptors (Lipinski definition) is 5. The molecule has 31 heavy (non-hydrogen) atoms. The van der Waals surface area contributed by atoms with E-state index in [2.05, 4.69) is 20.6 Å². The Morgan fingerprint density at radius 3 is 2.23 bits per heavy atom. The second-order valence-corrected chi connectivity index (χ2v) is 7.28. The van der Waals surface area contributed by atoms with Gasteiger partial charge < -0.3 is 15.4 Å². The zero-order valence-electron chi connectivity index (χ0n) is 17.1.